The molecule has 2 heterocycles. The summed E-state index contributed by atoms with van der Waals surface area (Å²) in [5.41, 5.74) is 0.0793. The Morgan fingerprint density at radius 2 is 1.86 bits per heavy atom. The Labute approximate surface area is 198 Å². The van der Waals surface area contributed by atoms with Crippen molar-refractivity contribution in [2.45, 2.75) is 19.2 Å². The van der Waals surface area contributed by atoms with E-state index in [9.17, 15) is 24.8 Å². The molecule has 0 saturated carbocycles. The fourth-order valence-corrected chi connectivity index (χ4v) is 3.74. The smallest absolute Gasteiger partial charge is 0.329 e. The number of anilines is 1. The van der Waals surface area contributed by atoms with E-state index in [2.05, 4.69) is 9.97 Å². The number of benzene rings is 2. The van der Waals surface area contributed by atoms with Gasteiger partial charge in [-0.3, -0.25) is 24.5 Å². The molecule has 0 spiro atoms. The number of nitro groups is 1. The summed E-state index contributed by atoms with van der Waals surface area (Å²) < 4.78 is 8.37. The summed E-state index contributed by atoms with van der Waals surface area (Å²) in [5, 5.41) is 21.5. The van der Waals surface area contributed by atoms with E-state index >= 15 is 0 Å². The van der Waals surface area contributed by atoms with Crippen molar-refractivity contribution in [2.24, 2.45) is 7.05 Å². The van der Waals surface area contributed by atoms with Gasteiger partial charge in [-0.25, -0.2) is 4.79 Å². The van der Waals surface area contributed by atoms with E-state index in [1.807, 2.05) is 35.2 Å². The van der Waals surface area contributed by atoms with Crippen molar-refractivity contribution in [1.29, 1.82) is 0 Å². The molecule has 182 valence electrons. The van der Waals surface area contributed by atoms with Gasteiger partial charge in [0.2, 0.25) is 5.95 Å². The molecule has 0 unspecified atom stereocenters. The Balaban J connectivity index is 1.62. The molecule has 2 N–H and O–H groups in total. The van der Waals surface area contributed by atoms with Crippen LogP contribution in [-0.4, -0.2) is 48.9 Å². The minimum atomic E-state index is -1.05. The molecular formula is C23H24N6O6. The van der Waals surface area contributed by atoms with Gasteiger partial charge in [-0.15, -0.1) is 0 Å². The van der Waals surface area contributed by atoms with E-state index in [0.717, 1.165) is 5.56 Å². The van der Waals surface area contributed by atoms with Crippen LogP contribution >= 0.6 is 0 Å². The number of H-pyrrole nitrogens is 1. The second-order valence-corrected chi connectivity index (χ2v) is 8.07. The normalized spacial score (nSPS) is 12.0. The van der Waals surface area contributed by atoms with E-state index in [-0.39, 0.29) is 30.0 Å². The number of nitro benzene ring substituents is 1. The van der Waals surface area contributed by atoms with Crippen molar-refractivity contribution in [3.05, 3.63) is 91.1 Å². The quantitative estimate of drug-likeness (QED) is 0.270. The fraction of sp³-hybridized carbons (Fsp3) is 0.261. The van der Waals surface area contributed by atoms with Crippen LogP contribution in [0.1, 0.15) is 5.56 Å². The Hall–Kier alpha value is -4.45. The number of rotatable bonds is 9. The minimum Gasteiger partial charge on any atom is -0.491 e. The first kappa shape index (κ1) is 23.7. The highest BCUT2D eigenvalue weighted by molar-refractivity contribution is 5.74. The zero-order chi connectivity index (χ0) is 25.1. The standard InChI is InChI=1S/C23H24N6O6/c1-26(12-15-6-4-3-5-7-15)22-24-20-19(21(31)25-23(32)27(20)2)28(22)13-17(30)14-35-18-10-8-16(9-11-18)29(33)34/h3-11,17,30H,12-14H2,1-2H3,(H,25,31,32)/t17-/m0/s1. The third-order valence-electron chi connectivity index (χ3n) is 5.47. The van der Waals surface area contributed by atoms with E-state index in [4.69, 9.17) is 4.74 Å². The van der Waals surface area contributed by atoms with Gasteiger partial charge in [0.1, 0.15) is 18.5 Å². The summed E-state index contributed by atoms with van der Waals surface area (Å²) in [6.07, 6.45) is -1.05. The maximum absolute atomic E-state index is 12.7. The molecule has 35 heavy (non-hydrogen) atoms. The number of aromatic amines is 1. The number of aliphatic hydroxyl groups is 1. The van der Waals surface area contributed by atoms with Crippen LogP contribution in [0.4, 0.5) is 11.6 Å². The Kier molecular flexibility index (Phi) is 6.64. The van der Waals surface area contributed by atoms with Crippen LogP contribution in [0.15, 0.2) is 64.2 Å². The highest BCUT2D eigenvalue weighted by atomic mass is 16.6. The third kappa shape index (κ3) is 5.06. The number of ether oxygens (including phenoxy) is 1. The van der Waals surface area contributed by atoms with Gasteiger partial charge in [-0.05, 0) is 17.7 Å². The topological polar surface area (TPSA) is 149 Å². The summed E-state index contributed by atoms with van der Waals surface area (Å²) in [4.78, 5) is 43.7. The molecule has 4 rings (SSSR count). The third-order valence-corrected chi connectivity index (χ3v) is 5.47. The summed E-state index contributed by atoms with van der Waals surface area (Å²) in [6.45, 7) is 0.299. The lowest BCUT2D eigenvalue weighted by Crippen LogP contribution is -2.31. The number of nitrogens with zero attached hydrogens (tertiary/aromatic N) is 5. The number of aromatic nitrogens is 4. The van der Waals surface area contributed by atoms with E-state index in [1.54, 1.807) is 11.6 Å². The first-order chi connectivity index (χ1) is 16.7. The van der Waals surface area contributed by atoms with Crippen LogP contribution in [0.3, 0.4) is 0 Å². The number of imidazole rings is 1. The van der Waals surface area contributed by atoms with E-state index in [0.29, 0.717) is 18.2 Å². The lowest BCUT2D eigenvalue weighted by Gasteiger charge is -2.21. The number of hydrogen-bond acceptors (Lipinski definition) is 8. The number of hydrogen-bond donors (Lipinski definition) is 2. The molecule has 4 aromatic rings. The summed E-state index contributed by atoms with van der Waals surface area (Å²) in [5.74, 6) is 0.747. The van der Waals surface area contributed by atoms with Crippen molar-refractivity contribution in [2.75, 3.05) is 18.6 Å². The number of non-ortho nitro benzene ring substituents is 1. The van der Waals surface area contributed by atoms with Gasteiger partial charge in [-0.2, -0.15) is 4.98 Å². The Morgan fingerprint density at radius 3 is 2.51 bits per heavy atom. The molecule has 2 aromatic carbocycles. The first-order valence-corrected chi connectivity index (χ1v) is 10.7. The number of aliphatic hydroxyl groups excluding tert-OH is 1. The fourth-order valence-electron chi connectivity index (χ4n) is 3.74. The van der Waals surface area contributed by atoms with E-state index < -0.39 is 22.3 Å². The van der Waals surface area contributed by atoms with Crippen molar-refractivity contribution in [3.8, 4) is 5.75 Å². The number of fused-ring (bicyclic) bond motifs is 1. The predicted molar refractivity (Wildman–Crippen MR) is 129 cm³/mol. The van der Waals surface area contributed by atoms with Crippen molar-refractivity contribution < 1.29 is 14.8 Å². The van der Waals surface area contributed by atoms with Gasteiger partial charge < -0.3 is 19.3 Å². The van der Waals surface area contributed by atoms with Crippen molar-refractivity contribution in [1.82, 2.24) is 19.1 Å². The number of nitrogens with one attached hydrogen (secondary N) is 1. The Morgan fingerprint density at radius 1 is 1.17 bits per heavy atom. The molecule has 12 nitrogen and oxygen atoms in total. The molecule has 2 aromatic heterocycles. The lowest BCUT2D eigenvalue weighted by atomic mass is 10.2. The van der Waals surface area contributed by atoms with Gasteiger partial charge in [0.25, 0.3) is 11.2 Å². The van der Waals surface area contributed by atoms with Crippen LogP contribution in [0, 0.1) is 10.1 Å². The molecule has 1 atom stereocenters. The average molecular weight is 480 g/mol. The lowest BCUT2D eigenvalue weighted by molar-refractivity contribution is -0.384. The van der Waals surface area contributed by atoms with Gasteiger partial charge in [0.15, 0.2) is 11.2 Å². The molecular weight excluding hydrogens is 456 g/mol. The monoisotopic (exact) mass is 480 g/mol. The summed E-state index contributed by atoms with van der Waals surface area (Å²) >= 11 is 0. The van der Waals surface area contributed by atoms with Crippen LogP contribution in [0.25, 0.3) is 11.2 Å². The van der Waals surface area contributed by atoms with Crippen LogP contribution in [0.5, 0.6) is 5.75 Å². The molecule has 0 radical (unpaired) electrons. The van der Waals surface area contributed by atoms with E-state index in [1.165, 1.54) is 35.9 Å². The molecule has 0 amide bonds. The molecule has 12 heteroatoms. The minimum absolute atomic E-state index is 0.0424. The van der Waals surface area contributed by atoms with Crippen LogP contribution in [-0.2, 0) is 20.1 Å². The summed E-state index contributed by atoms with van der Waals surface area (Å²) in [7, 11) is 3.31. The van der Waals surface area contributed by atoms with Gasteiger partial charge in [0.05, 0.1) is 11.5 Å². The second kappa shape index (κ2) is 9.81. The molecule has 0 fully saturated rings. The molecule has 0 aliphatic carbocycles. The molecule has 0 aliphatic heterocycles. The molecule has 0 bridgehead atoms. The average Bonchev–Trinajstić information content (AvgIpc) is 3.22. The zero-order valence-corrected chi connectivity index (χ0v) is 19.1. The van der Waals surface area contributed by atoms with Gasteiger partial charge >= 0.3 is 5.69 Å². The zero-order valence-electron chi connectivity index (χ0n) is 19.1. The second-order valence-electron chi connectivity index (χ2n) is 8.07. The maximum atomic E-state index is 12.7. The molecule has 0 aliphatic rings. The van der Waals surface area contributed by atoms with Crippen molar-refractivity contribution in [3.63, 3.8) is 0 Å². The van der Waals surface area contributed by atoms with Gasteiger partial charge in [0, 0.05) is 32.8 Å². The summed E-state index contributed by atoms with van der Waals surface area (Å²) in [6, 6.07) is 15.2. The highest BCUT2D eigenvalue weighted by Gasteiger charge is 2.22. The first-order valence-electron chi connectivity index (χ1n) is 10.7. The highest BCUT2D eigenvalue weighted by Crippen LogP contribution is 2.22. The maximum Gasteiger partial charge on any atom is 0.329 e. The van der Waals surface area contributed by atoms with Crippen molar-refractivity contribution >= 4 is 22.8 Å². The predicted octanol–water partition coefficient (Wildman–Crippen LogP) is 1.41. The van der Waals surface area contributed by atoms with Crippen LogP contribution in [0.2, 0.25) is 0 Å². The SMILES string of the molecule is CN(Cc1ccccc1)c1nc2c(c(=O)[nH]c(=O)n2C)n1C[C@H](O)COc1ccc([N+](=O)[O-])cc1. The number of aryl methyl sites for hydroxylation is 1. The Bertz CT molecular complexity index is 1460. The van der Waals surface area contributed by atoms with Gasteiger partial charge in [-0.1, -0.05) is 30.3 Å². The largest absolute Gasteiger partial charge is 0.491 e. The van der Waals surface area contributed by atoms with Crippen LogP contribution < -0.4 is 20.9 Å². The molecule has 0 saturated heterocycles.